The first-order valence-corrected chi connectivity index (χ1v) is 10.8. The first-order valence-electron chi connectivity index (χ1n) is 10.8. The maximum atomic E-state index is 12.2. The van der Waals surface area contributed by atoms with Gasteiger partial charge in [0.25, 0.3) is 0 Å². The molecule has 2 aromatic heterocycles. The van der Waals surface area contributed by atoms with Crippen molar-refractivity contribution in [3.05, 3.63) is 24.5 Å². The summed E-state index contributed by atoms with van der Waals surface area (Å²) >= 11 is 0. The molecule has 2 N–H and O–H groups in total. The molecule has 2 saturated carbocycles. The molecule has 2 aliphatic carbocycles. The molecule has 170 valence electrons. The molecule has 0 spiro atoms. The van der Waals surface area contributed by atoms with Crippen LogP contribution >= 0.6 is 0 Å². The summed E-state index contributed by atoms with van der Waals surface area (Å²) in [6.45, 7) is 11.9. The summed E-state index contributed by atoms with van der Waals surface area (Å²) < 4.78 is 42.2. The molecule has 8 heteroatoms. The predicted molar refractivity (Wildman–Crippen MR) is 115 cm³/mol. The highest BCUT2D eigenvalue weighted by Crippen LogP contribution is 2.51. The van der Waals surface area contributed by atoms with Crippen molar-refractivity contribution in [1.82, 2.24) is 14.8 Å². The number of fused-ring (bicyclic) bond motifs is 1. The molecule has 0 saturated heterocycles. The average Bonchev–Trinajstić information content (AvgIpc) is 3.11. The fourth-order valence-corrected chi connectivity index (χ4v) is 3.24. The lowest BCUT2D eigenvalue weighted by Gasteiger charge is -2.11. The number of alkyl halides is 3. The minimum Gasteiger partial charge on any atom is -0.402 e. The first kappa shape index (κ1) is 25.8. The summed E-state index contributed by atoms with van der Waals surface area (Å²) in [4.78, 5) is 3.70. The number of halogens is 3. The highest BCUT2D eigenvalue weighted by atomic mass is 19.4. The number of hydrogen-bond donors (Lipinski definition) is 1. The number of hydrogen-bond acceptors (Lipinski definition) is 4. The van der Waals surface area contributed by atoms with Gasteiger partial charge in [0, 0.05) is 24.0 Å². The van der Waals surface area contributed by atoms with Crippen molar-refractivity contribution < 1.29 is 17.9 Å². The fraction of sp³-hybridized carbons (Fsp3) is 0.636. The SMILES string of the molecule is C1CC2C[C@H]2C1.CC.CC.CC(C)n1ccc(-c2cnc(N)c(OC(F)(F)F)c2)n1. The van der Waals surface area contributed by atoms with Crippen LogP contribution in [0.3, 0.4) is 0 Å². The van der Waals surface area contributed by atoms with Gasteiger partial charge in [-0.15, -0.1) is 13.2 Å². The largest absolute Gasteiger partial charge is 0.573 e. The topological polar surface area (TPSA) is 66.0 Å². The van der Waals surface area contributed by atoms with Crippen LogP contribution in [0.5, 0.6) is 5.75 Å². The molecule has 4 rings (SSSR count). The lowest BCUT2D eigenvalue weighted by Crippen LogP contribution is -2.18. The third-order valence-electron chi connectivity index (χ3n) is 4.76. The van der Waals surface area contributed by atoms with Gasteiger partial charge in [-0.05, 0) is 44.2 Å². The Bertz CT molecular complexity index is 751. The van der Waals surface area contributed by atoms with Crippen LogP contribution in [-0.4, -0.2) is 21.1 Å². The van der Waals surface area contributed by atoms with Crippen LogP contribution in [-0.2, 0) is 0 Å². The van der Waals surface area contributed by atoms with Crippen LogP contribution in [0.15, 0.2) is 24.5 Å². The van der Waals surface area contributed by atoms with E-state index in [1.54, 1.807) is 36.2 Å². The zero-order chi connectivity index (χ0) is 22.9. The van der Waals surface area contributed by atoms with Gasteiger partial charge in [0.2, 0.25) is 0 Å². The molecule has 0 bridgehead atoms. The molecule has 2 fully saturated rings. The second-order valence-corrected chi connectivity index (χ2v) is 7.12. The summed E-state index contributed by atoms with van der Waals surface area (Å²) in [7, 11) is 0. The number of aromatic nitrogens is 3. The van der Waals surface area contributed by atoms with Crippen LogP contribution in [0.1, 0.15) is 73.3 Å². The van der Waals surface area contributed by atoms with Crippen LogP contribution < -0.4 is 10.5 Å². The van der Waals surface area contributed by atoms with Crippen molar-refractivity contribution in [3.8, 4) is 17.0 Å². The van der Waals surface area contributed by atoms with Gasteiger partial charge in [0.05, 0.1) is 5.69 Å². The Balaban J connectivity index is 0.000000369. The Hall–Kier alpha value is -2.25. The van der Waals surface area contributed by atoms with Gasteiger partial charge in [0.1, 0.15) is 0 Å². The second kappa shape index (κ2) is 11.8. The fourth-order valence-electron chi connectivity index (χ4n) is 3.24. The second-order valence-electron chi connectivity index (χ2n) is 7.12. The monoisotopic (exact) mass is 428 g/mol. The van der Waals surface area contributed by atoms with Gasteiger partial charge < -0.3 is 10.5 Å². The molecule has 5 nitrogen and oxygen atoms in total. The maximum absolute atomic E-state index is 12.2. The van der Waals surface area contributed by atoms with E-state index in [2.05, 4.69) is 14.8 Å². The van der Waals surface area contributed by atoms with Gasteiger partial charge >= 0.3 is 6.36 Å². The lowest BCUT2D eigenvalue weighted by molar-refractivity contribution is -0.274. The van der Waals surface area contributed by atoms with Crippen LogP contribution in [0.25, 0.3) is 11.3 Å². The number of anilines is 1. The minimum atomic E-state index is -4.81. The van der Waals surface area contributed by atoms with Gasteiger partial charge in [-0.1, -0.05) is 47.0 Å². The standard InChI is InChI=1S/C12H13F3N4O.C6H10.2C2H6/c1-7(2)19-4-3-9(18-19)8-5-10(11(16)17-6-8)20-12(13,14)15;1-2-5-4-6(5)3-1;2*1-2/h3-7H,1-2H3,(H2,16,17);5-6H,1-4H2;2*1-2H3/t;5-,6?;;/m.1../s1. The molecule has 1 unspecified atom stereocenters. The Morgan fingerprint density at radius 3 is 2.13 bits per heavy atom. The van der Waals surface area contributed by atoms with Crippen molar-refractivity contribution in [2.24, 2.45) is 11.8 Å². The van der Waals surface area contributed by atoms with Gasteiger partial charge in [-0.25, -0.2) is 4.98 Å². The molecular formula is C22H35F3N4O. The number of ether oxygens (including phenoxy) is 1. The van der Waals surface area contributed by atoms with E-state index >= 15 is 0 Å². The molecule has 30 heavy (non-hydrogen) atoms. The van der Waals surface area contributed by atoms with E-state index in [-0.39, 0.29) is 11.9 Å². The molecule has 2 aliphatic rings. The Labute approximate surface area is 177 Å². The van der Waals surface area contributed by atoms with Gasteiger partial charge in [0.15, 0.2) is 11.6 Å². The van der Waals surface area contributed by atoms with Crippen molar-refractivity contribution in [1.29, 1.82) is 0 Å². The van der Waals surface area contributed by atoms with Crippen molar-refractivity contribution in [3.63, 3.8) is 0 Å². The Morgan fingerprint density at radius 1 is 1.13 bits per heavy atom. The summed E-state index contributed by atoms with van der Waals surface area (Å²) in [5.74, 6) is 1.57. The predicted octanol–water partition coefficient (Wildman–Crippen LogP) is 6.87. The van der Waals surface area contributed by atoms with E-state index in [0.717, 1.165) is 0 Å². The quantitative estimate of drug-likeness (QED) is 0.579. The van der Waals surface area contributed by atoms with E-state index in [1.807, 2.05) is 41.5 Å². The van der Waals surface area contributed by atoms with Gasteiger partial charge in [-0.3, -0.25) is 4.68 Å². The lowest BCUT2D eigenvalue weighted by atomic mass is 10.2. The Kier molecular flexibility index (Phi) is 10.2. The Morgan fingerprint density at radius 2 is 1.73 bits per heavy atom. The number of pyridine rings is 1. The van der Waals surface area contributed by atoms with Crippen LogP contribution in [0, 0.1) is 11.8 Å². The normalized spacial score (nSPS) is 18.7. The van der Waals surface area contributed by atoms with E-state index in [0.29, 0.717) is 11.3 Å². The smallest absolute Gasteiger partial charge is 0.402 e. The number of nitrogens with two attached hydrogens (primary N) is 1. The molecule has 0 aliphatic heterocycles. The summed E-state index contributed by atoms with van der Waals surface area (Å²) in [5, 5.41) is 4.25. The maximum Gasteiger partial charge on any atom is 0.573 e. The summed E-state index contributed by atoms with van der Waals surface area (Å²) in [5.41, 5.74) is 6.27. The van der Waals surface area contributed by atoms with Crippen molar-refractivity contribution in [2.75, 3.05) is 5.73 Å². The van der Waals surface area contributed by atoms with Crippen LogP contribution in [0.2, 0.25) is 0 Å². The third-order valence-corrected chi connectivity index (χ3v) is 4.76. The highest BCUT2D eigenvalue weighted by Gasteiger charge is 2.40. The third kappa shape index (κ3) is 7.88. The van der Waals surface area contributed by atoms with E-state index in [9.17, 15) is 13.2 Å². The first-order chi connectivity index (χ1) is 14.2. The zero-order valence-corrected chi connectivity index (χ0v) is 18.8. The number of rotatable bonds is 3. The molecule has 0 radical (unpaired) electrons. The average molecular weight is 429 g/mol. The summed E-state index contributed by atoms with van der Waals surface area (Å²) in [6, 6.07) is 3.00. The van der Waals surface area contributed by atoms with Crippen LogP contribution in [0.4, 0.5) is 19.0 Å². The van der Waals surface area contributed by atoms with E-state index in [1.165, 1.54) is 30.5 Å². The summed E-state index contributed by atoms with van der Waals surface area (Å²) in [6.07, 6.45) is 4.52. The van der Waals surface area contributed by atoms with Gasteiger partial charge in [-0.2, -0.15) is 5.10 Å². The van der Waals surface area contributed by atoms with Crippen molar-refractivity contribution in [2.45, 2.75) is 79.6 Å². The molecular weight excluding hydrogens is 393 g/mol. The molecule has 2 aromatic rings. The zero-order valence-electron chi connectivity index (χ0n) is 18.8. The number of nitrogens with zero attached hydrogens (tertiary/aromatic N) is 3. The molecule has 0 aromatic carbocycles. The molecule has 0 amide bonds. The van der Waals surface area contributed by atoms with Crippen molar-refractivity contribution >= 4 is 5.82 Å². The highest BCUT2D eigenvalue weighted by molar-refractivity contribution is 5.63. The molecule has 2 heterocycles. The van der Waals surface area contributed by atoms with E-state index in [4.69, 9.17) is 5.73 Å². The molecule has 2 atom stereocenters. The number of nitrogen functional groups attached to an aromatic ring is 1. The minimum absolute atomic E-state index is 0.149. The van der Waals surface area contributed by atoms with E-state index < -0.39 is 12.1 Å².